The molecule has 122 valence electrons. The summed E-state index contributed by atoms with van der Waals surface area (Å²) in [6, 6.07) is 0.206. The average Bonchev–Trinajstić information content (AvgIpc) is 2.51. The Morgan fingerprint density at radius 2 is 1.71 bits per heavy atom. The van der Waals surface area contributed by atoms with Crippen molar-refractivity contribution >= 4 is 11.9 Å². The van der Waals surface area contributed by atoms with Gasteiger partial charge in [-0.3, -0.25) is 9.59 Å². The molecule has 4 heteroatoms. The molecule has 0 spiro atoms. The molecule has 21 heavy (non-hydrogen) atoms. The first kappa shape index (κ1) is 18.0. The van der Waals surface area contributed by atoms with Gasteiger partial charge in [0.25, 0.3) is 0 Å². The Bertz CT molecular complexity index is 344. The lowest BCUT2D eigenvalue weighted by Crippen LogP contribution is -2.44. The van der Waals surface area contributed by atoms with Gasteiger partial charge >= 0.3 is 5.97 Å². The summed E-state index contributed by atoms with van der Waals surface area (Å²) < 4.78 is 0. The number of hydrogen-bond acceptors (Lipinski definition) is 2. The summed E-state index contributed by atoms with van der Waals surface area (Å²) in [6.45, 7) is 5.80. The average molecular weight is 297 g/mol. The topological polar surface area (TPSA) is 66.4 Å². The number of nitrogens with one attached hydrogen (secondary N) is 1. The van der Waals surface area contributed by atoms with Crippen molar-refractivity contribution < 1.29 is 14.7 Å². The molecule has 1 fully saturated rings. The molecule has 1 rings (SSSR count). The number of carboxylic acid groups (broad SMARTS) is 1. The number of carboxylic acids is 1. The van der Waals surface area contributed by atoms with Crippen molar-refractivity contribution in [2.45, 2.75) is 84.6 Å². The highest BCUT2D eigenvalue weighted by Crippen LogP contribution is 2.32. The van der Waals surface area contributed by atoms with Gasteiger partial charge in [0.15, 0.2) is 0 Å². The van der Waals surface area contributed by atoms with Gasteiger partial charge in [0.05, 0.1) is 5.41 Å². The smallest absolute Gasteiger partial charge is 0.310 e. The molecule has 1 atom stereocenters. The normalized spacial score (nSPS) is 18.2. The Morgan fingerprint density at radius 1 is 1.14 bits per heavy atom. The van der Waals surface area contributed by atoms with Crippen LogP contribution in [0.5, 0.6) is 0 Å². The van der Waals surface area contributed by atoms with E-state index < -0.39 is 11.4 Å². The Morgan fingerprint density at radius 3 is 2.14 bits per heavy atom. The predicted molar refractivity (Wildman–Crippen MR) is 84.1 cm³/mol. The van der Waals surface area contributed by atoms with Gasteiger partial charge in [-0.2, -0.15) is 0 Å². The summed E-state index contributed by atoms with van der Waals surface area (Å²) >= 11 is 0. The summed E-state index contributed by atoms with van der Waals surface area (Å²) in [5, 5.41) is 12.5. The van der Waals surface area contributed by atoms with E-state index in [1.54, 1.807) is 0 Å². The minimum Gasteiger partial charge on any atom is -0.481 e. The van der Waals surface area contributed by atoms with Gasteiger partial charge in [-0.1, -0.05) is 40.0 Å². The maximum atomic E-state index is 12.3. The molecule has 1 aliphatic carbocycles. The predicted octanol–water partition coefficient (Wildman–Crippen LogP) is 3.74. The maximum Gasteiger partial charge on any atom is 0.310 e. The Hall–Kier alpha value is -1.06. The second-order valence-corrected chi connectivity index (χ2v) is 6.45. The fraction of sp³-hybridized carbons (Fsp3) is 0.882. The molecule has 0 aromatic rings. The lowest BCUT2D eigenvalue weighted by Gasteiger charge is -2.32. The van der Waals surface area contributed by atoms with E-state index in [1.165, 1.54) is 32.1 Å². The van der Waals surface area contributed by atoms with Crippen LogP contribution in [0.15, 0.2) is 0 Å². The van der Waals surface area contributed by atoms with E-state index in [0.29, 0.717) is 18.8 Å². The zero-order valence-corrected chi connectivity index (χ0v) is 13.8. The molecule has 1 unspecified atom stereocenters. The molecule has 0 aromatic carbocycles. The van der Waals surface area contributed by atoms with E-state index in [-0.39, 0.29) is 18.4 Å². The van der Waals surface area contributed by atoms with Crippen molar-refractivity contribution in [3.8, 4) is 0 Å². The Labute approximate surface area is 128 Å². The molecule has 4 nitrogen and oxygen atoms in total. The number of carbonyl (C=O) groups is 2. The lowest BCUT2D eigenvalue weighted by molar-refractivity contribution is -0.152. The first-order chi connectivity index (χ1) is 9.99. The molecule has 0 radical (unpaired) electrons. The van der Waals surface area contributed by atoms with E-state index >= 15 is 0 Å². The summed E-state index contributed by atoms with van der Waals surface area (Å²) in [6.07, 6.45) is 8.18. The van der Waals surface area contributed by atoms with Gasteiger partial charge in [0.2, 0.25) is 5.91 Å². The number of hydrogen-bond donors (Lipinski definition) is 2. The fourth-order valence-corrected chi connectivity index (χ4v) is 3.53. The lowest BCUT2D eigenvalue weighted by atomic mass is 9.78. The fourth-order valence-electron chi connectivity index (χ4n) is 3.53. The molecule has 0 bridgehead atoms. The SMILES string of the molecule is CCC(NC(=O)CC(CC)(CC)C(=O)O)C1CCCCC1. The van der Waals surface area contributed by atoms with E-state index in [2.05, 4.69) is 12.2 Å². The van der Waals surface area contributed by atoms with Crippen molar-refractivity contribution in [1.82, 2.24) is 5.32 Å². The summed E-state index contributed by atoms with van der Waals surface area (Å²) in [5.74, 6) is -0.387. The van der Waals surface area contributed by atoms with E-state index in [9.17, 15) is 14.7 Å². The molecule has 0 aromatic heterocycles. The molecule has 2 N–H and O–H groups in total. The van der Waals surface area contributed by atoms with E-state index in [0.717, 1.165) is 6.42 Å². The number of aliphatic carboxylic acids is 1. The third-order valence-electron chi connectivity index (χ3n) is 5.31. The van der Waals surface area contributed by atoms with Crippen LogP contribution in [-0.2, 0) is 9.59 Å². The highest BCUT2D eigenvalue weighted by molar-refractivity contribution is 5.85. The minimum absolute atomic E-state index is 0.0958. The summed E-state index contributed by atoms with van der Waals surface area (Å²) in [7, 11) is 0. The summed E-state index contributed by atoms with van der Waals surface area (Å²) in [4.78, 5) is 23.8. The Balaban J connectivity index is 2.63. The van der Waals surface area contributed by atoms with Crippen LogP contribution in [0.3, 0.4) is 0 Å². The molecule has 0 aliphatic heterocycles. The standard InChI is InChI=1S/C17H31NO3/c1-4-14(13-10-8-7-9-11-13)18-15(19)12-17(5-2,6-3)16(20)21/h13-14H,4-12H2,1-3H3,(H,18,19)(H,20,21). The summed E-state index contributed by atoms with van der Waals surface area (Å²) in [5.41, 5.74) is -0.908. The van der Waals surface area contributed by atoms with Crippen LogP contribution in [0.4, 0.5) is 0 Å². The zero-order valence-electron chi connectivity index (χ0n) is 13.8. The van der Waals surface area contributed by atoms with Gasteiger partial charge in [-0.15, -0.1) is 0 Å². The maximum absolute atomic E-state index is 12.3. The van der Waals surface area contributed by atoms with Gasteiger partial charge in [-0.25, -0.2) is 0 Å². The van der Waals surface area contributed by atoms with E-state index in [1.807, 2.05) is 13.8 Å². The van der Waals surface area contributed by atoms with Crippen LogP contribution in [0.25, 0.3) is 0 Å². The van der Waals surface area contributed by atoms with Crippen molar-refractivity contribution in [3.63, 3.8) is 0 Å². The van der Waals surface area contributed by atoms with Gasteiger partial charge in [0.1, 0.15) is 0 Å². The van der Waals surface area contributed by atoms with Crippen LogP contribution < -0.4 is 5.32 Å². The molecule has 1 saturated carbocycles. The third-order valence-corrected chi connectivity index (χ3v) is 5.31. The third kappa shape index (κ3) is 4.72. The molecule has 0 heterocycles. The second kappa shape index (κ2) is 8.40. The second-order valence-electron chi connectivity index (χ2n) is 6.45. The van der Waals surface area contributed by atoms with Crippen LogP contribution in [0, 0.1) is 11.3 Å². The molecule has 0 saturated heterocycles. The van der Waals surface area contributed by atoms with Crippen LogP contribution in [-0.4, -0.2) is 23.0 Å². The molecular formula is C17H31NO3. The quantitative estimate of drug-likeness (QED) is 0.717. The van der Waals surface area contributed by atoms with Gasteiger partial charge in [0, 0.05) is 12.5 Å². The number of rotatable bonds is 8. The van der Waals surface area contributed by atoms with Crippen molar-refractivity contribution in [3.05, 3.63) is 0 Å². The first-order valence-electron chi connectivity index (χ1n) is 8.51. The largest absolute Gasteiger partial charge is 0.481 e. The van der Waals surface area contributed by atoms with Crippen LogP contribution >= 0.6 is 0 Å². The van der Waals surface area contributed by atoms with E-state index in [4.69, 9.17) is 0 Å². The van der Waals surface area contributed by atoms with Crippen LogP contribution in [0.1, 0.15) is 78.6 Å². The minimum atomic E-state index is -0.908. The molecule has 1 aliphatic rings. The van der Waals surface area contributed by atoms with Crippen molar-refractivity contribution in [2.24, 2.45) is 11.3 Å². The van der Waals surface area contributed by atoms with Gasteiger partial charge < -0.3 is 10.4 Å². The zero-order chi connectivity index (χ0) is 15.9. The monoisotopic (exact) mass is 297 g/mol. The molecular weight excluding hydrogens is 266 g/mol. The first-order valence-corrected chi connectivity index (χ1v) is 8.51. The Kier molecular flexibility index (Phi) is 7.20. The molecule has 1 amide bonds. The van der Waals surface area contributed by atoms with Crippen molar-refractivity contribution in [2.75, 3.05) is 0 Å². The van der Waals surface area contributed by atoms with Crippen LogP contribution in [0.2, 0.25) is 0 Å². The highest BCUT2D eigenvalue weighted by atomic mass is 16.4. The number of amides is 1. The van der Waals surface area contributed by atoms with Crippen molar-refractivity contribution in [1.29, 1.82) is 0 Å². The highest BCUT2D eigenvalue weighted by Gasteiger charge is 2.37. The number of carbonyl (C=O) groups excluding carboxylic acids is 1. The van der Waals surface area contributed by atoms with Gasteiger partial charge in [-0.05, 0) is 38.0 Å².